The molecule has 1 amide bonds. The maximum Gasteiger partial charge on any atom is 0.472 e. The normalized spacial score (nSPS) is 17.0. The quantitative estimate of drug-likeness (QED) is 0.117. The molecule has 2 atom stereocenters. The number of ether oxygens (including phenoxy) is 1. The van der Waals surface area contributed by atoms with Gasteiger partial charge in [-0.15, -0.1) is 0 Å². The van der Waals surface area contributed by atoms with Crippen LogP contribution in [0.5, 0.6) is 0 Å². The Morgan fingerprint density at radius 2 is 1.75 bits per heavy atom. The van der Waals surface area contributed by atoms with E-state index in [2.05, 4.69) is 19.9 Å². The van der Waals surface area contributed by atoms with E-state index in [1.165, 1.54) is 24.4 Å². The monoisotopic (exact) mass is 845 g/mol. The third-order valence-electron chi connectivity index (χ3n) is 11.8. The number of allylic oxidation sites excluding steroid dienone is 1. The summed E-state index contributed by atoms with van der Waals surface area (Å²) in [5, 5.41) is 15.1. The van der Waals surface area contributed by atoms with E-state index in [9.17, 15) is 32.7 Å². The van der Waals surface area contributed by atoms with Gasteiger partial charge in [0, 0.05) is 46.7 Å². The number of rotatable bonds is 12. The predicted molar refractivity (Wildman–Crippen MR) is 226 cm³/mol. The van der Waals surface area contributed by atoms with E-state index >= 15 is 0 Å². The molecular weight excluding hydrogens is 807 g/mol. The number of nitrogens with zero attached hydrogens (tertiary/aromatic N) is 4. The van der Waals surface area contributed by atoms with Gasteiger partial charge in [-0.1, -0.05) is 41.4 Å². The van der Waals surface area contributed by atoms with E-state index in [0.29, 0.717) is 46.1 Å². The van der Waals surface area contributed by atoms with Crippen LogP contribution in [0.3, 0.4) is 0 Å². The molecule has 2 saturated carbocycles. The number of esters is 1. The van der Waals surface area contributed by atoms with Crippen molar-refractivity contribution in [2.75, 3.05) is 17.3 Å². The summed E-state index contributed by atoms with van der Waals surface area (Å²) >= 11 is 6.18. The van der Waals surface area contributed by atoms with Crippen LogP contribution in [0.1, 0.15) is 92.5 Å². The molecule has 0 bridgehead atoms. The van der Waals surface area contributed by atoms with Crippen molar-refractivity contribution in [2.24, 2.45) is 5.92 Å². The van der Waals surface area contributed by atoms with Gasteiger partial charge >= 0.3 is 24.0 Å². The number of aromatic nitrogens is 3. The number of amides is 1. The number of aromatic carboxylic acids is 1. The number of methoxy groups -OCH3 is 1. The fraction of sp³-hybridized carbons (Fsp3) is 0.255. The van der Waals surface area contributed by atoms with E-state index in [0.717, 1.165) is 66.0 Å². The van der Waals surface area contributed by atoms with Crippen molar-refractivity contribution >= 4 is 69.4 Å². The third kappa shape index (κ3) is 8.34. The van der Waals surface area contributed by atoms with Crippen LogP contribution >= 0.6 is 11.6 Å². The smallest absolute Gasteiger partial charge is 0.472 e. The lowest BCUT2D eigenvalue weighted by Crippen LogP contribution is -2.39. The molecule has 3 aliphatic rings. The first-order valence-corrected chi connectivity index (χ1v) is 20.4. The maximum absolute atomic E-state index is 14.1. The van der Waals surface area contributed by atoms with E-state index in [4.69, 9.17) is 16.3 Å². The summed E-state index contributed by atoms with van der Waals surface area (Å²) in [5.41, 5.74) is 6.76. The molecular formula is C47H39ClF3N5O5. The molecule has 2 unspecified atom stereocenters. The number of carbonyl (C=O) groups is 3. The van der Waals surface area contributed by atoms with Crippen molar-refractivity contribution in [3.05, 3.63) is 147 Å². The number of aryl methyl sites for hydroxylation is 1. The number of alkyl halides is 3. The summed E-state index contributed by atoms with van der Waals surface area (Å²) in [6, 6.07) is 23.4. The number of hydrogen-bond acceptors (Lipinski definition) is 7. The van der Waals surface area contributed by atoms with Crippen molar-refractivity contribution in [3.63, 3.8) is 0 Å². The standard InChI is InChI=1S/C47H39ClF3N5O5/c1-61-45(59)40-21-33(29-7-8-29)23-53-43(40)56(46(60)47(49,50)51)37-11-9-28-6-5-26(15-31(28)19-37)16-32-20-38(32)34-22-39(44(57)58)42(52-24-34)54-36-10-12-41-30(18-36)13-14-55(41)25-27-3-2-4-35(48)17-27/h2-4,9-15,17-19,21-24,29,32,38H,5-8,16,20,25H2,1H3,(H,52,54)(H,57,58). The van der Waals surface area contributed by atoms with Gasteiger partial charge in [0.1, 0.15) is 16.9 Å². The van der Waals surface area contributed by atoms with Gasteiger partial charge in [0.25, 0.3) is 0 Å². The number of anilines is 4. The van der Waals surface area contributed by atoms with Gasteiger partial charge in [0.05, 0.1) is 12.8 Å². The molecule has 3 aromatic carbocycles. The van der Waals surface area contributed by atoms with Crippen LogP contribution in [0, 0.1) is 5.92 Å². The molecule has 310 valence electrons. The Bertz CT molecular complexity index is 2780. The zero-order valence-electron chi connectivity index (χ0n) is 32.9. The molecule has 0 radical (unpaired) electrons. The van der Waals surface area contributed by atoms with Crippen molar-refractivity contribution in [1.29, 1.82) is 0 Å². The second-order valence-electron chi connectivity index (χ2n) is 16.0. The summed E-state index contributed by atoms with van der Waals surface area (Å²) in [5.74, 6) is -3.92. The van der Waals surface area contributed by atoms with E-state index in [-0.39, 0.29) is 40.4 Å². The highest BCUT2D eigenvalue weighted by molar-refractivity contribution is 6.30. The molecule has 10 nitrogen and oxygen atoms in total. The zero-order chi connectivity index (χ0) is 42.6. The molecule has 0 aliphatic heterocycles. The minimum absolute atomic E-state index is 0.0603. The number of benzene rings is 3. The topological polar surface area (TPSA) is 127 Å². The van der Waals surface area contributed by atoms with Crippen LogP contribution in [0.15, 0.2) is 103 Å². The Labute approximate surface area is 353 Å². The SMILES string of the molecule is COC(=O)c1cc(C2CC2)cnc1N(C(=O)C(F)(F)F)c1ccc2c(c1)C=C(CC1CC1c1cnc(Nc3ccc4c(ccn4Cc4cccc(Cl)c4)c3)c(C(=O)O)c1)CC2. The first-order chi connectivity index (χ1) is 29.3. The number of carboxylic acid groups (broad SMARTS) is 1. The van der Waals surface area contributed by atoms with Gasteiger partial charge in [-0.2, -0.15) is 13.2 Å². The summed E-state index contributed by atoms with van der Waals surface area (Å²) in [7, 11) is 1.13. The highest BCUT2D eigenvalue weighted by Gasteiger charge is 2.46. The summed E-state index contributed by atoms with van der Waals surface area (Å²) in [6.07, 6.45) is 6.51. The number of fused-ring (bicyclic) bond motifs is 2. The second-order valence-corrected chi connectivity index (χ2v) is 16.4. The molecule has 6 aromatic rings. The molecule has 3 aromatic heterocycles. The van der Waals surface area contributed by atoms with Gasteiger partial charge in [0.2, 0.25) is 0 Å². The number of halogens is 4. The van der Waals surface area contributed by atoms with E-state index in [1.54, 1.807) is 18.3 Å². The van der Waals surface area contributed by atoms with Crippen LogP contribution in [-0.4, -0.2) is 50.8 Å². The minimum Gasteiger partial charge on any atom is -0.478 e. The molecule has 61 heavy (non-hydrogen) atoms. The molecule has 2 N–H and O–H groups in total. The molecule has 3 aliphatic carbocycles. The van der Waals surface area contributed by atoms with Crippen LogP contribution in [0.4, 0.5) is 36.2 Å². The van der Waals surface area contributed by atoms with E-state index < -0.39 is 29.8 Å². The number of carbonyl (C=O) groups excluding carboxylic acids is 2. The second kappa shape index (κ2) is 15.9. The lowest BCUT2D eigenvalue weighted by molar-refractivity contribution is -0.169. The van der Waals surface area contributed by atoms with Crippen molar-refractivity contribution in [3.8, 4) is 0 Å². The van der Waals surface area contributed by atoms with E-state index in [1.807, 2.05) is 60.8 Å². The average molecular weight is 846 g/mol. The number of nitrogens with one attached hydrogen (secondary N) is 1. The van der Waals surface area contributed by atoms with Crippen LogP contribution in [0.2, 0.25) is 5.02 Å². The Hall–Kier alpha value is -6.47. The zero-order valence-corrected chi connectivity index (χ0v) is 33.6. The molecule has 14 heteroatoms. The fourth-order valence-electron chi connectivity index (χ4n) is 8.40. The minimum atomic E-state index is -5.26. The van der Waals surface area contributed by atoms with Gasteiger partial charge in [-0.05, 0) is 145 Å². The molecule has 0 spiro atoms. The number of hydrogen-bond donors (Lipinski definition) is 2. The lowest BCUT2D eigenvalue weighted by Gasteiger charge is -2.26. The average Bonchev–Trinajstić information content (AvgIpc) is 4.19. The number of pyridine rings is 2. The van der Waals surface area contributed by atoms with Crippen molar-refractivity contribution in [2.45, 2.75) is 63.1 Å². The lowest BCUT2D eigenvalue weighted by atomic mass is 9.89. The van der Waals surface area contributed by atoms with Gasteiger partial charge in [-0.25, -0.2) is 19.6 Å². The summed E-state index contributed by atoms with van der Waals surface area (Å²) in [4.78, 5) is 47.7. The Kier molecular flexibility index (Phi) is 10.4. The maximum atomic E-state index is 14.1. The summed E-state index contributed by atoms with van der Waals surface area (Å²) in [6.45, 7) is 0.650. The van der Waals surface area contributed by atoms with Gasteiger partial charge in [-0.3, -0.25) is 9.69 Å². The fourth-order valence-corrected chi connectivity index (χ4v) is 8.61. The van der Waals surface area contributed by atoms with Crippen molar-refractivity contribution < 1.29 is 37.4 Å². The molecule has 0 saturated heterocycles. The Morgan fingerprint density at radius 3 is 2.51 bits per heavy atom. The third-order valence-corrected chi connectivity index (χ3v) is 12.0. The van der Waals surface area contributed by atoms with Gasteiger partial charge in [0.15, 0.2) is 5.82 Å². The Balaban J connectivity index is 0.917. The summed E-state index contributed by atoms with van der Waals surface area (Å²) < 4.78 is 49.5. The van der Waals surface area contributed by atoms with Gasteiger partial charge < -0.3 is 19.7 Å². The molecule has 9 rings (SSSR count). The van der Waals surface area contributed by atoms with Crippen LogP contribution < -0.4 is 10.2 Å². The predicted octanol–water partition coefficient (Wildman–Crippen LogP) is 11.0. The molecule has 3 heterocycles. The Morgan fingerprint density at radius 1 is 0.951 bits per heavy atom. The van der Waals surface area contributed by atoms with Crippen LogP contribution in [0.25, 0.3) is 17.0 Å². The highest BCUT2D eigenvalue weighted by Crippen LogP contribution is 2.52. The van der Waals surface area contributed by atoms with Crippen LogP contribution in [-0.2, 0) is 22.5 Å². The first kappa shape index (κ1) is 40.0. The highest BCUT2D eigenvalue weighted by atomic mass is 35.5. The van der Waals surface area contributed by atoms with Crippen molar-refractivity contribution in [1.82, 2.24) is 14.5 Å². The molecule has 2 fully saturated rings. The first-order valence-electron chi connectivity index (χ1n) is 20.0. The number of carboxylic acids is 1. The largest absolute Gasteiger partial charge is 0.478 e.